The number of nitrogens with zero attached hydrogens (tertiary/aromatic N) is 4. The number of terminal acetylenes is 1. The van der Waals surface area contributed by atoms with Crippen molar-refractivity contribution in [3.8, 4) is 12.3 Å². The average molecular weight is 291 g/mol. The average Bonchev–Trinajstić information content (AvgIpc) is 3.02. The molecule has 2 aromatic heterocycles. The van der Waals surface area contributed by atoms with E-state index in [9.17, 15) is 10.2 Å². The highest BCUT2D eigenvalue weighted by molar-refractivity contribution is 5.82. The van der Waals surface area contributed by atoms with Crippen molar-refractivity contribution in [3.63, 3.8) is 0 Å². The number of ether oxygens (including phenoxy) is 1. The van der Waals surface area contributed by atoms with Crippen LogP contribution in [-0.2, 0) is 4.74 Å². The Morgan fingerprint density at radius 1 is 1.62 bits per heavy atom. The van der Waals surface area contributed by atoms with Crippen LogP contribution in [0.4, 0.5) is 11.8 Å². The summed E-state index contributed by atoms with van der Waals surface area (Å²) in [6.07, 6.45) is 1.76. The number of hydrogen-bond donors (Lipinski definition) is 4. The van der Waals surface area contributed by atoms with E-state index < -0.39 is 24.5 Å². The zero-order valence-corrected chi connectivity index (χ0v) is 10.9. The number of imidazole rings is 1. The van der Waals surface area contributed by atoms with E-state index in [1.807, 2.05) is 6.40 Å². The highest BCUT2D eigenvalue weighted by Gasteiger charge is 2.47. The van der Waals surface area contributed by atoms with Gasteiger partial charge in [0.1, 0.15) is 19.2 Å². The lowest BCUT2D eigenvalue weighted by molar-refractivity contribution is -0.0891. The number of aromatic nitrogens is 4. The van der Waals surface area contributed by atoms with Gasteiger partial charge in [-0.15, -0.1) is 6.40 Å². The molecule has 2 aromatic rings. The molecular formula is C12H14N6O3. The van der Waals surface area contributed by atoms with Gasteiger partial charge in [0.2, 0.25) is 5.95 Å². The summed E-state index contributed by atoms with van der Waals surface area (Å²) < 4.78 is 14.2. The van der Waals surface area contributed by atoms with Crippen molar-refractivity contribution in [1.82, 2.24) is 19.5 Å². The summed E-state index contributed by atoms with van der Waals surface area (Å²) in [6.45, 7) is -0.539. The summed E-state index contributed by atoms with van der Waals surface area (Å²) in [5.41, 5.74) is 10.5. The highest BCUT2D eigenvalue weighted by atomic mass is 16.6. The van der Waals surface area contributed by atoms with Crippen LogP contribution in [-0.4, -0.2) is 48.0 Å². The topological polar surface area (TPSA) is 145 Å². The molecule has 1 fully saturated rings. The van der Waals surface area contributed by atoms with E-state index in [-0.39, 0.29) is 18.2 Å². The van der Waals surface area contributed by atoms with E-state index in [1.54, 1.807) is 0 Å². The number of rotatable bonds is 2. The first-order valence-electron chi connectivity index (χ1n) is 6.67. The van der Waals surface area contributed by atoms with Crippen molar-refractivity contribution in [2.45, 2.75) is 24.4 Å². The van der Waals surface area contributed by atoms with Crippen LogP contribution in [0.5, 0.6) is 0 Å². The van der Waals surface area contributed by atoms with Gasteiger partial charge in [0.05, 0.1) is 12.9 Å². The Hall–Kier alpha value is -2.41. The molecule has 0 bridgehead atoms. The van der Waals surface area contributed by atoms with Crippen LogP contribution in [0.3, 0.4) is 0 Å². The summed E-state index contributed by atoms with van der Waals surface area (Å²) in [4.78, 5) is 12.0. The van der Waals surface area contributed by atoms with Gasteiger partial charge in [-0.2, -0.15) is 9.97 Å². The number of anilines is 2. The van der Waals surface area contributed by atoms with Gasteiger partial charge in [-0.25, -0.2) is 4.98 Å². The predicted molar refractivity (Wildman–Crippen MR) is 73.5 cm³/mol. The minimum absolute atomic E-state index is 0.00957. The summed E-state index contributed by atoms with van der Waals surface area (Å²) in [5.74, 6) is 2.53. The molecule has 1 aliphatic rings. The van der Waals surface area contributed by atoms with Crippen molar-refractivity contribution in [2.75, 3.05) is 18.1 Å². The molecule has 3 atom stereocenters. The molecule has 9 nitrogen and oxygen atoms in total. The van der Waals surface area contributed by atoms with E-state index in [1.165, 1.54) is 10.9 Å². The Bertz CT molecular complexity index is 784. The predicted octanol–water partition coefficient (Wildman–Crippen LogP) is -1.37. The van der Waals surface area contributed by atoms with Crippen LogP contribution >= 0.6 is 0 Å². The number of fused-ring (bicyclic) bond motifs is 1. The minimum Gasteiger partial charge on any atom is -0.392 e. The Balaban J connectivity index is 2.04. The van der Waals surface area contributed by atoms with Crippen LogP contribution in [0.15, 0.2) is 6.33 Å². The largest absolute Gasteiger partial charge is 0.392 e. The molecule has 0 aromatic carbocycles. The third-order valence-corrected chi connectivity index (χ3v) is 3.53. The van der Waals surface area contributed by atoms with Gasteiger partial charge in [-0.05, 0) is 0 Å². The Labute approximate surface area is 121 Å². The molecule has 0 spiro atoms. The molecule has 6 N–H and O–H groups in total. The SMILES string of the molecule is [2H]C#C[C@]1(CO)OC(n2cnc3c(N)nc(N)nc32)C[C@@H]1O. The lowest BCUT2D eigenvalue weighted by Gasteiger charge is -2.23. The molecule has 9 heteroatoms. The molecule has 1 unspecified atom stereocenters. The Kier molecular flexibility index (Phi) is 2.68. The molecule has 0 aliphatic carbocycles. The van der Waals surface area contributed by atoms with Gasteiger partial charge in [-0.3, -0.25) is 4.57 Å². The van der Waals surface area contributed by atoms with Crippen molar-refractivity contribution >= 4 is 22.9 Å². The fourth-order valence-corrected chi connectivity index (χ4v) is 2.38. The molecule has 3 rings (SSSR count). The second kappa shape index (κ2) is 4.56. The maximum atomic E-state index is 10.1. The minimum atomic E-state index is -1.51. The molecule has 0 amide bonds. The van der Waals surface area contributed by atoms with Crippen molar-refractivity contribution < 1.29 is 16.3 Å². The van der Waals surface area contributed by atoms with Crippen molar-refractivity contribution in [3.05, 3.63) is 6.33 Å². The van der Waals surface area contributed by atoms with E-state index in [2.05, 4.69) is 20.9 Å². The van der Waals surface area contributed by atoms with Gasteiger partial charge >= 0.3 is 0 Å². The second-order valence-electron chi connectivity index (χ2n) is 4.79. The fraction of sp³-hybridized carbons (Fsp3) is 0.417. The number of hydrogen-bond acceptors (Lipinski definition) is 8. The van der Waals surface area contributed by atoms with Gasteiger partial charge in [0.15, 0.2) is 17.1 Å². The van der Waals surface area contributed by atoms with Crippen molar-refractivity contribution in [2.24, 2.45) is 0 Å². The quantitative estimate of drug-likeness (QED) is 0.496. The Morgan fingerprint density at radius 2 is 2.43 bits per heavy atom. The fourth-order valence-electron chi connectivity index (χ4n) is 2.38. The lowest BCUT2D eigenvalue weighted by Crippen LogP contribution is -2.41. The molecule has 1 saturated heterocycles. The third-order valence-electron chi connectivity index (χ3n) is 3.53. The second-order valence-corrected chi connectivity index (χ2v) is 4.79. The molecule has 1 aliphatic heterocycles. The van der Waals surface area contributed by atoms with Gasteiger partial charge in [0.25, 0.3) is 0 Å². The molecule has 3 heterocycles. The molecule has 110 valence electrons. The first-order valence-corrected chi connectivity index (χ1v) is 6.17. The van der Waals surface area contributed by atoms with Crippen LogP contribution < -0.4 is 11.5 Å². The maximum Gasteiger partial charge on any atom is 0.224 e. The molecule has 0 radical (unpaired) electrons. The number of aliphatic hydroxyl groups is 2. The van der Waals surface area contributed by atoms with Crippen LogP contribution in [0.2, 0.25) is 0 Å². The summed E-state index contributed by atoms with van der Waals surface area (Å²) in [7, 11) is 0. The number of nitrogen functional groups attached to an aromatic ring is 2. The van der Waals surface area contributed by atoms with E-state index in [0.717, 1.165) is 0 Å². The Morgan fingerprint density at radius 3 is 3.14 bits per heavy atom. The first kappa shape index (κ1) is 12.3. The maximum absolute atomic E-state index is 10.1. The summed E-state index contributed by atoms with van der Waals surface area (Å²) >= 11 is 0. The molecule has 21 heavy (non-hydrogen) atoms. The third kappa shape index (κ3) is 1.89. The van der Waals surface area contributed by atoms with Gasteiger partial charge in [-0.1, -0.05) is 5.92 Å². The van der Waals surface area contributed by atoms with E-state index in [4.69, 9.17) is 17.6 Å². The van der Waals surface area contributed by atoms with E-state index in [0.29, 0.717) is 11.2 Å². The zero-order chi connectivity index (χ0) is 15.9. The summed E-state index contributed by atoms with van der Waals surface area (Å²) in [6, 6.07) is 0. The lowest BCUT2D eigenvalue weighted by atomic mass is 9.99. The van der Waals surface area contributed by atoms with Crippen LogP contribution in [0.1, 0.15) is 14.0 Å². The zero-order valence-electron chi connectivity index (χ0n) is 11.9. The van der Waals surface area contributed by atoms with Crippen molar-refractivity contribution in [1.29, 1.82) is 0 Å². The normalized spacial score (nSPS) is 29.1. The smallest absolute Gasteiger partial charge is 0.224 e. The van der Waals surface area contributed by atoms with Gasteiger partial charge < -0.3 is 26.4 Å². The van der Waals surface area contributed by atoms with E-state index >= 15 is 0 Å². The number of nitrogens with two attached hydrogens (primary N) is 2. The standard InChI is InChI=1S/C12H14N6O3/c1-2-12(4-19)6(20)3-7(21-12)18-5-15-8-9(13)16-11(14)17-10(8)18/h1,5-7,19-20H,3-4H2,(H4,13,14,16,17)/t6-,7?,12+/m0/s1/i1D. The number of aliphatic hydroxyl groups excluding tert-OH is 2. The van der Waals surface area contributed by atoms with Crippen LogP contribution in [0, 0.1) is 12.3 Å². The summed E-state index contributed by atoms with van der Waals surface area (Å²) in [5, 5.41) is 19.6. The van der Waals surface area contributed by atoms with Crippen LogP contribution in [0.25, 0.3) is 11.2 Å². The molecular weight excluding hydrogens is 276 g/mol. The monoisotopic (exact) mass is 291 g/mol. The highest BCUT2D eigenvalue weighted by Crippen LogP contribution is 2.37. The van der Waals surface area contributed by atoms with Gasteiger partial charge in [0, 0.05) is 6.42 Å². The molecule has 0 saturated carbocycles. The first-order chi connectivity index (χ1) is 10.5.